The van der Waals surface area contributed by atoms with Crippen LogP contribution in [0.15, 0.2) is 66.9 Å². The van der Waals surface area contributed by atoms with Crippen LogP contribution < -0.4 is 10.8 Å². The van der Waals surface area contributed by atoms with Crippen LogP contribution in [0.2, 0.25) is 5.02 Å². The minimum Gasteiger partial charge on any atom is -0.370 e. The Morgan fingerprint density at radius 3 is 2.76 bits per heavy atom. The predicted molar refractivity (Wildman–Crippen MR) is 139 cm³/mol. The van der Waals surface area contributed by atoms with Crippen molar-refractivity contribution >= 4 is 36.4 Å². The summed E-state index contributed by atoms with van der Waals surface area (Å²) in [5.41, 5.74) is 5.14. The second kappa shape index (κ2) is 9.98. The van der Waals surface area contributed by atoms with Crippen LogP contribution in [-0.4, -0.2) is 53.5 Å². The Kier molecular flexibility index (Phi) is 6.65. The van der Waals surface area contributed by atoms with Gasteiger partial charge in [0, 0.05) is 42.5 Å². The first-order valence-electron chi connectivity index (χ1n) is 11.8. The quantitative estimate of drug-likeness (QED) is 0.430. The number of hydrogen-bond donors (Lipinski definition) is 1. The summed E-state index contributed by atoms with van der Waals surface area (Å²) in [7, 11) is 2.04. The zero-order valence-electron chi connectivity index (χ0n) is 19.0. The van der Waals surface area contributed by atoms with Gasteiger partial charge in [-0.1, -0.05) is 60.1 Å². The van der Waals surface area contributed by atoms with Gasteiger partial charge in [-0.15, -0.1) is 0 Å². The van der Waals surface area contributed by atoms with E-state index in [1.807, 2.05) is 42.8 Å². The first-order valence-corrected chi connectivity index (χ1v) is 12.2. The van der Waals surface area contributed by atoms with E-state index in [0.29, 0.717) is 10.9 Å². The molecule has 0 radical (unpaired) electrons. The van der Waals surface area contributed by atoms with E-state index >= 15 is 0 Å². The average molecular weight is 458 g/mol. The monoisotopic (exact) mass is 457 g/mol. The lowest BCUT2D eigenvalue weighted by Crippen LogP contribution is -2.39. The maximum absolute atomic E-state index is 6.48. The number of aromatic nitrogens is 3. The highest BCUT2D eigenvalue weighted by molar-refractivity contribution is 6.36. The molecule has 0 bridgehead atoms. The molecule has 2 aromatic heterocycles. The number of fused-ring (bicyclic) bond motifs is 1. The number of rotatable bonds is 7. The second-order valence-corrected chi connectivity index (χ2v) is 9.40. The number of piperidine rings is 1. The highest BCUT2D eigenvalue weighted by Crippen LogP contribution is 2.28. The third kappa shape index (κ3) is 5.07. The van der Waals surface area contributed by atoms with Gasteiger partial charge in [0.2, 0.25) is 0 Å². The molecule has 1 atom stereocenters. The summed E-state index contributed by atoms with van der Waals surface area (Å²) in [6.07, 6.45) is 5.48. The Balaban J connectivity index is 1.29. The maximum atomic E-state index is 6.48. The summed E-state index contributed by atoms with van der Waals surface area (Å²) in [6, 6.07) is 20.7. The Bertz CT molecular complexity index is 1230. The molecule has 0 spiro atoms. The van der Waals surface area contributed by atoms with Gasteiger partial charge >= 0.3 is 0 Å². The van der Waals surface area contributed by atoms with Crippen molar-refractivity contribution in [2.75, 3.05) is 31.5 Å². The van der Waals surface area contributed by atoms with E-state index in [0.717, 1.165) is 54.2 Å². The number of anilines is 1. The molecule has 7 heteroatoms. The number of halogens is 1. The van der Waals surface area contributed by atoms with E-state index in [1.54, 1.807) is 0 Å². The van der Waals surface area contributed by atoms with Crippen molar-refractivity contribution in [1.29, 1.82) is 0 Å². The number of benzene rings is 2. The van der Waals surface area contributed by atoms with Crippen LogP contribution in [0.3, 0.4) is 0 Å². The van der Waals surface area contributed by atoms with Gasteiger partial charge in [-0.25, -0.2) is 4.98 Å². The molecule has 4 aromatic rings. The predicted octanol–water partition coefficient (Wildman–Crippen LogP) is 3.67. The van der Waals surface area contributed by atoms with Gasteiger partial charge in [-0.2, -0.15) is 9.61 Å². The van der Waals surface area contributed by atoms with Crippen molar-refractivity contribution in [3.8, 4) is 11.3 Å². The lowest BCUT2D eigenvalue weighted by molar-refractivity contribution is 0.182. The van der Waals surface area contributed by atoms with Gasteiger partial charge in [0.05, 0.1) is 5.69 Å². The molecule has 5 nitrogen and oxygen atoms in total. The summed E-state index contributed by atoms with van der Waals surface area (Å²) in [5.74, 6) is 1.57. The van der Waals surface area contributed by atoms with E-state index in [9.17, 15) is 0 Å². The molecule has 0 saturated carbocycles. The van der Waals surface area contributed by atoms with E-state index in [-0.39, 0.29) is 0 Å². The summed E-state index contributed by atoms with van der Waals surface area (Å²) >= 11 is 6.48. The molecule has 33 heavy (non-hydrogen) atoms. The number of nitrogens with one attached hydrogen (secondary N) is 1. The molecule has 1 aliphatic heterocycles. The van der Waals surface area contributed by atoms with Crippen LogP contribution in [0, 0.1) is 5.92 Å². The van der Waals surface area contributed by atoms with Gasteiger partial charge in [0.25, 0.3) is 0 Å². The van der Waals surface area contributed by atoms with Crippen molar-refractivity contribution in [3.63, 3.8) is 0 Å². The van der Waals surface area contributed by atoms with Gasteiger partial charge in [-0.3, -0.25) is 0 Å². The molecule has 168 valence electrons. The fourth-order valence-corrected chi connectivity index (χ4v) is 4.94. The number of nitrogens with zero attached hydrogens (tertiary/aromatic N) is 4. The first kappa shape index (κ1) is 22.0. The first-order chi connectivity index (χ1) is 16.2. The number of hydrogen-bond acceptors (Lipinski definition) is 4. The molecule has 3 heterocycles. The smallest absolute Gasteiger partial charge is 0.151 e. The van der Waals surface area contributed by atoms with Gasteiger partial charge < -0.3 is 10.2 Å². The molecule has 1 fully saturated rings. The zero-order chi connectivity index (χ0) is 22.6. The van der Waals surface area contributed by atoms with Gasteiger partial charge in [0.15, 0.2) is 5.65 Å². The van der Waals surface area contributed by atoms with Crippen LogP contribution in [0.4, 0.5) is 5.82 Å². The molecule has 1 aliphatic rings. The van der Waals surface area contributed by atoms with E-state index in [1.165, 1.54) is 24.9 Å². The Morgan fingerprint density at radius 1 is 1.09 bits per heavy atom. The molecule has 1 saturated heterocycles. The van der Waals surface area contributed by atoms with Crippen molar-refractivity contribution in [2.45, 2.75) is 19.3 Å². The fourth-order valence-electron chi connectivity index (χ4n) is 4.71. The van der Waals surface area contributed by atoms with Crippen molar-refractivity contribution in [3.05, 3.63) is 77.4 Å². The summed E-state index contributed by atoms with van der Waals surface area (Å²) < 4.78 is 1.91. The highest BCUT2D eigenvalue weighted by Gasteiger charge is 2.20. The Labute approximate surface area is 201 Å². The summed E-state index contributed by atoms with van der Waals surface area (Å²) in [6.45, 7) is 4.36. The topological polar surface area (TPSA) is 45.5 Å². The summed E-state index contributed by atoms with van der Waals surface area (Å²) in [4.78, 5) is 7.46. The summed E-state index contributed by atoms with van der Waals surface area (Å²) in [5, 5.41) is 8.96. The largest absolute Gasteiger partial charge is 0.370 e. The van der Waals surface area contributed by atoms with Crippen LogP contribution in [0.25, 0.3) is 16.9 Å². The fraction of sp³-hybridized carbons (Fsp3) is 0.308. The van der Waals surface area contributed by atoms with Gasteiger partial charge in [0.1, 0.15) is 13.7 Å². The molecule has 0 aliphatic carbocycles. The van der Waals surface area contributed by atoms with Crippen LogP contribution >= 0.6 is 11.6 Å². The van der Waals surface area contributed by atoms with Crippen molar-refractivity contribution in [2.24, 2.45) is 5.92 Å². The van der Waals surface area contributed by atoms with E-state index < -0.39 is 0 Å². The number of likely N-dealkylation sites (tertiary alicyclic amines) is 1. The minimum absolute atomic E-state index is 0.609. The molecule has 2 aromatic carbocycles. The lowest BCUT2D eigenvalue weighted by Gasteiger charge is -2.33. The van der Waals surface area contributed by atoms with Gasteiger partial charge in [-0.05, 0) is 48.8 Å². The van der Waals surface area contributed by atoms with Crippen LogP contribution in [0.1, 0.15) is 18.4 Å². The van der Waals surface area contributed by atoms with E-state index in [4.69, 9.17) is 16.6 Å². The Hall–Kier alpha value is -2.83. The molecule has 5 rings (SSSR count). The Morgan fingerprint density at radius 2 is 1.91 bits per heavy atom. The molecule has 1 unspecified atom stereocenters. The normalized spacial score (nSPS) is 16.8. The third-order valence-electron chi connectivity index (χ3n) is 6.53. The SMILES string of the molecule is Bc1cnn2c(NCC3CCCN(CCc4ccccc4)C3)cc(-c3ccccc3Cl)nc12. The van der Waals surface area contributed by atoms with Crippen LogP contribution in [0.5, 0.6) is 0 Å². The molecule has 1 N–H and O–H groups in total. The lowest BCUT2D eigenvalue weighted by atomic mass is 9.97. The van der Waals surface area contributed by atoms with E-state index in [2.05, 4.69) is 51.7 Å². The second-order valence-electron chi connectivity index (χ2n) is 8.99. The standard InChI is InChI=1S/C26H29BClN5/c27-22-17-30-33-25(15-24(31-26(22)33)21-10-4-5-11-23(21)28)29-16-20-9-6-13-32(18-20)14-12-19-7-2-1-3-8-19/h1-5,7-8,10-11,15,17,20,29H,6,9,12-14,16,18,27H2. The third-order valence-corrected chi connectivity index (χ3v) is 6.86. The average Bonchev–Trinajstić information content (AvgIpc) is 3.23. The minimum atomic E-state index is 0.609. The van der Waals surface area contributed by atoms with Crippen LogP contribution in [-0.2, 0) is 6.42 Å². The van der Waals surface area contributed by atoms with Crippen molar-refractivity contribution < 1.29 is 0 Å². The molecular weight excluding hydrogens is 429 g/mol. The zero-order valence-corrected chi connectivity index (χ0v) is 19.8. The maximum Gasteiger partial charge on any atom is 0.151 e. The van der Waals surface area contributed by atoms with Crippen molar-refractivity contribution in [1.82, 2.24) is 19.5 Å². The highest BCUT2D eigenvalue weighted by atomic mass is 35.5. The molecular formula is C26H29BClN5. The molecule has 0 amide bonds.